The molecule has 2 aliphatic heterocycles. The third-order valence-electron chi connectivity index (χ3n) is 4.91. The number of nitrogens with one attached hydrogen (secondary N) is 1. The number of rotatable bonds is 3. The minimum atomic E-state index is -1.23. The van der Waals surface area contributed by atoms with Gasteiger partial charge < -0.3 is 14.8 Å². The van der Waals surface area contributed by atoms with E-state index in [2.05, 4.69) is 10.3 Å². The van der Waals surface area contributed by atoms with Gasteiger partial charge in [-0.15, -0.1) is 11.3 Å². The van der Waals surface area contributed by atoms with Gasteiger partial charge in [-0.3, -0.25) is 9.59 Å². The summed E-state index contributed by atoms with van der Waals surface area (Å²) >= 11 is 1.43. The molecule has 26 heavy (non-hydrogen) atoms. The second-order valence-electron chi connectivity index (χ2n) is 7.73. The third-order valence-corrected chi connectivity index (χ3v) is 5.66. The number of carbonyl (C=O) groups is 2. The number of anilines is 2. The molecular formula is C19H20N2O4S. The van der Waals surface area contributed by atoms with Gasteiger partial charge in [-0.2, -0.15) is 0 Å². The Morgan fingerprint density at radius 2 is 1.73 bits per heavy atom. The molecule has 0 radical (unpaired) electrons. The molecule has 4 rings (SSSR count). The summed E-state index contributed by atoms with van der Waals surface area (Å²) in [5.74, 6) is -1.00. The molecule has 0 unspecified atom stereocenters. The van der Waals surface area contributed by atoms with E-state index in [9.17, 15) is 9.59 Å². The molecule has 2 saturated heterocycles. The Kier molecular flexibility index (Phi) is 3.63. The maximum atomic E-state index is 12.6. The average molecular weight is 372 g/mol. The molecule has 1 aromatic carbocycles. The highest BCUT2D eigenvalue weighted by Crippen LogP contribution is 2.54. The molecule has 7 heteroatoms. The fraction of sp³-hybridized carbons (Fsp3) is 0.421. The van der Waals surface area contributed by atoms with Crippen LogP contribution in [0.4, 0.5) is 10.8 Å². The van der Waals surface area contributed by atoms with Crippen LogP contribution in [0.5, 0.6) is 0 Å². The van der Waals surface area contributed by atoms with Gasteiger partial charge in [0.05, 0.1) is 5.69 Å². The van der Waals surface area contributed by atoms with Gasteiger partial charge in [-0.1, -0.05) is 18.2 Å². The van der Waals surface area contributed by atoms with E-state index in [1.165, 1.54) is 11.3 Å². The van der Waals surface area contributed by atoms with Gasteiger partial charge in [0.25, 0.3) is 0 Å². The Hall–Kier alpha value is -2.41. The first-order valence-corrected chi connectivity index (χ1v) is 9.36. The Morgan fingerprint density at radius 3 is 2.38 bits per heavy atom. The van der Waals surface area contributed by atoms with Crippen LogP contribution in [0.25, 0.3) is 0 Å². The SMILES string of the molecule is CC1(C)C[C@@]2(C[C@@](C)(c3csc(Nc4ccccc4)n3)OC2=O)C(=O)O1. The van der Waals surface area contributed by atoms with Crippen LogP contribution in [0.15, 0.2) is 35.7 Å². The largest absolute Gasteiger partial charge is 0.459 e. The highest BCUT2D eigenvalue weighted by Gasteiger charge is 2.67. The van der Waals surface area contributed by atoms with Crippen molar-refractivity contribution in [1.29, 1.82) is 0 Å². The number of thiazole rings is 1. The minimum absolute atomic E-state index is 0.246. The predicted octanol–water partition coefficient (Wildman–Crippen LogP) is 3.76. The second-order valence-corrected chi connectivity index (χ2v) is 8.59. The number of hydrogen-bond donors (Lipinski definition) is 1. The zero-order chi connectivity index (χ0) is 18.6. The summed E-state index contributed by atoms with van der Waals surface area (Å²) in [6.07, 6.45) is 0.572. The summed E-state index contributed by atoms with van der Waals surface area (Å²) in [5, 5.41) is 5.81. The molecule has 136 valence electrons. The predicted molar refractivity (Wildman–Crippen MR) is 97.1 cm³/mol. The average Bonchev–Trinajstić information content (AvgIpc) is 3.18. The molecule has 2 aliphatic rings. The summed E-state index contributed by atoms with van der Waals surface area (Å²) in [4.78, 5) is 29.6. The van der Waals surface area contributed by atoms with Crippen LogP contribution >= 0.6 is 11.3 Å². The van der Waals surface area contributed by atoms with Crippen molar-refractivity contribution in [3.63, 3.8) is 0 Å². The minimum Gasteiger partial charge on any atom is -0.459 e. The molecule has 0 aliphatic carbocycles. The number of benzene rings is 1. The normalized spacial score (nSPS) is 29.7. The molecule has 0 bridgehead atoms. The van der Waals surface area contributed by atoms with E-state index >= 15 is 0 Å². The first-order chi connectivity index (χ1) is 12.2. The van der Waals surface area contributed by atoms with Crippen LogP contribution in [0, 0.1) is 5.41 Å². The van der Waals surface area contributed by atoms with Gasteiger partial charge in [-0.25, -0.2) is 4.98 Å². The molecule has 1 aromatic heterocycles. The number of carbonyl (C=O) groups excluding carboxylic acids is 2. The number of cyclic esters (lactones) is 2. The maximum Gasteiger partial charge on any atom is 0.324 e. The van der Waals surface area contributed by atoms with Crippen LogP contribution in [0.2, 0.25) is 0 Å². The van der Waals surface area contributed by atoms with Crippen molar-refractivity contribution in [2.24, 2.45) is 5.41 Å². The molecule has 6 nitrogen and oxygen atoms in total. The highest BCUT2D eigenvalue weighted by molar-refractivity contribution is 7.13. The topological polar surface area (TPSA) is 77.5 Å². The van der Waals surface area contributed by atoms with E-state index in [4.69, 9.17) is 9.47 Å². The highest BCUT2D eigenvalue weighted by atomic mass is 32.1. The zero-order valence-electron chi connectivity index (χ0n) is 14.9. The Balaban J connectivity index is 1.59. The van der Waals surface area contributed by atoms with E-state index in [0.717, 1.165) is 5.69 Å². The molecule has 2 fully saturated rings. The molecule has 0 saturated carbocycles. The summed E-state index contributed by atoms with van der Waals surface area (Å²) in [6, 6.07) is 9.72. The summed E-state index contributed by atoms with van der Waals surface area (Å²) < 4.78 is 11.1. The molecule has 2 aromatic rings. The van der Waals surface area contributed by atoms with Crippen molar-refractivity contribution < 1.29 is 19.1 Å². The summed E-state index contributed by atoms with van der Waals surface area (Å²) in [5.41, 5.74) is -1.26. The lowest BCUT2D eigenvalue weighted by Crippen LogP contribution is -2.32. The Labute approximate surface area is 155 Å². The van der Waals surface area contributed by atoms with Crippen LogP contribution in [0.3, 0.4) is 0 Å². The lowest BCUT2D eigenvalue weighted by Gasteiger charge is -2.20. The van der Waals surface area contributed by atoms with E-state index in [1.807, 2.05) is 49.6 Å². The van der Waals surface area contributed by atoms with Gasteiger partial charge in [0.2, 0.25) is 0 Å². The quantitative estimate of drug-likeness (QED) is 0.653. The van der Waals surface area contributed by atoms with Crippen molar-refractivity contribution in [3.8, 4) is 0 Å². The molecule has 1 N–H and O–H groups in total. The van der Waals surface area contributed by atoms with Crippen molar-refractivity contribution in [2.45, 2.75) is 44.8 Å². The fourth-order valence-electron chi connectivity index (χ4n) is 3.82. The van der Waals surface area contributed by atoms with Gasteiger partial charge in [0.1, 0.15) is 5.60 Å². The number of ether oxygens (including phenoxy) is 2. The third kappa shape index (κ3) is 2.67. The lowest BCUT2D eigenvalue weighted by atomic mass is 9.75. The van der Waals surface area contributed by atoms with Crippen molar-refractivity contribution in [3.05, 3.63) is 41.4 Å². The number of aromatic nitrogens is 1. The van der Waals surface area contributed by atoms with Crippen LogP contribution in [-0.4, -0.2) is 22.5 Å². The van der Waals surface area contributed by atoms with E-state index in [-0.39, 0.29) is 6.42 Å². The number of hydrogen-bond acceptors (Lipinski definition) is 7. The maximum absolute atomic E-state index is 12.6. The fourth-order valence-corrected chi connectivity index (χ4v) is 4.68. The van der Waals surface area contributed by atoms with E-state index in [0.29, 0.717) is 17.2 Å². The van der Waals surface area contributed by atoms with E-state index < -0.39 is 28.6 Å². The van der Waals surface area contributed by atoms with Crippen LogP contribution in [0.1, 0.15) is 39.3 Å². The van der Waals surface area contributed by atoms with Crippen LogP contribution in [-0.2, 0) is 24.7 Å². The number of esters is 2. The molecule has 1 spiro atoms. The Bertz CT molecular complexity index is 879. The molecular weight excluding hydrogens is 352 g/mol. The van der Waals surface area contributed by atoms with Gasteiger partial charge in [-0.05, 0) is 32.9 Å². The Morgan fingerprint density at radius 1 is 1.04 bits per heavy atom. The van der Waals surface area contributed by atoms with Gasteiger partial charge in [0, 0.05) is 23.9 Å². The summed E-state index contributed by atoms with van der Waals surface area (Å²) in [6.45, 7) is 5.43. The van der Waals surface area contributed by atoms with E-state index in [1.54, 1.807) is 6.92 Å². The van der Waals surface area contributed by atoms with Crippen molar-refractivity contribution in [2.75, 3.05) is 5.32 Å². The second kappa shape index (κ2) is 5.54. The monoisotopic (exact) mass is 372 g/mol. The first-order valence-electron chi connectivity index (χ1n) is 8.48. The number of para-hydroxylation sites is 1. The zero-order valence-corrected chi connectivity index (χ0v) is 15.7. The molecule has 3 heterocycles. The van der Waals surface area contributed by atoms with Crippen molar-refractivity contribution in [1.82, 2.24) is 4.98 Å². The van der Waals surface area contributed by atoms with Crippen LogP contribution < -0.4 is 5.32 Å². The van der Waals surface area contributed by atoms with Gasteiger partial charge in [0.15, 0.2) is 16.1 Å². The molecule has 0 amide bonds. The standard InChI is InChI=1S/C19H20N2O4S/c1-17(2)10-19(14(22)24-17)11-18(3,25-15(19)23)13-9-26-16(21-13)20-12-7-5-4-6-8-12/h4-9H,10-11H2,1-3H3,(H,20,21)/t18-,19+/m0/s1. The van der Waals surface area contributed by atoms with Gasteiger partial charge >= 0.3 is 11.9 Å². The summed E-state index contributed by atoms with van der Waals surface area (Å²) in [7, 11) is 0. The lowest BCUT2D eigenvalue weighted by molar-refractivity contribution is -0.161. The first kappa shape index (κ1) is 17.0. The number of nitrogens with zero attached hydrogens (tertiary/aromatic N) is 1. The van der Waals surface area contributed by atoms with Crippen molar-refractivity contribution >= 4 is 34.1 Å². The smallest absolute Gasteiger partial charge is 0.324 e. The molecule has 2 atom stereocenters.